The maximum Gasteiger partial charge on any atom is 0.339 e. The van der Waals surface area contributed by atoms with Crippen LogP contribution in [0.5, 0.6) is 0 Å². The number of esters is 2. The third-order valence-electron chi connectivity index (χ3n) is 6.38. The lowest BCUT2D eigenvalue weighted by Crippen LogP contribution is -2.55. The number of ether oxygens (including phenoxy) is 3. The summed E-state index contributed by atoms with van der Waals surface area (Å²) in [5.74, 6) is -2.22. The van der Waals surface area contributed by atoms with E-state index in [0.29, 0.717) is 9.08 Å². The average molecular weight is 670 g/mol. The molecule has 1 aliphatic heterocycles. The van der Waals surface area contributed by atoms with Gasteiger partial charge in [0.25, 0.3) is 0 Å². The van der Waals surface area contributed by atoms with E-state index in [4.69, 9.17) is 14.2 Å². The molecule has 2 heterocycles. The van der Waals surface area contributed by atoms with Crippen LogP contribution in [0.1, 0.15) is 37.3 Å². The Kier molecular flexibility index (Phi) is 8.27. The number of carbonyl (C=O) groups excluding carboxylic acids is 3. The molecule has 40 heavy (non-hydrogen) atoms. The third-order valence-corrected chi connectivity index (χ3v) is 7.50. The van der Waals surface area contributed by atoms with Gasteiger partial charge in [0, 0.05) is 16.2 Å². The van der Waals surface area contributed by atoms with Gasteiger partial charge in [-0.05, 0) is 62.2 Å². The van der Waals surface area contributed by atoms with Crippen LogP contribution in [-0.2, 0) is 14.2 Å². The van der Waals surface area contributed by atoms with Crippen molar-refractivity contribution >= 4 is 49.6 Å². The summed E-state index contributed by atoms with van der Waals surface area (Å²) < 4.78 is 19.7. The summed E-state index contributed by atoms with van der Waals surface area (Å²) >= 11 is 6.59. The van der Waals surface area contributed by atoms with E-state index in [1.807, 2.05) is 0 Å². The molecule has 0 saturated carbocycles. The highest BCUT2D eigenvalue weighted by Crippen LogP contribution is 2.43. The predicted molar refractivity (Wildman–Crippen MR) is 150 cm³/mol. The van der Waals surface area contributed by atoms with Crippen LogP contribution in [0.15, 0.2) is 106 Å². The highest BCUT2D eigenvalue weighted by atomic mass is 79.9. The highest BCUT2D eigenvalue weighted by Gasteiger charge is 2.64. The Balaban J connectivity index is 1.54. The fraction of sp³-hybridized carbons (Fsp3) is 0.172. The minimum Gasteiger partial charge on any atom is -0.459 e. The van der Waals surface area contributed by atoms with Gasteiger partial charge < -0.3 is 19.3 Å². The standard InChI is InChI=1S/C29H22Br2N2O7/c30-21-14-8-7-13-20(21)27(36)38-17-22-25(40-26(35)19-11-5-2-6-12-19)29(37,24(34)18-9-3-1-4-10-18)28(39-22)33-16-15-23(31)32-33/h1-16,22,25,28,37H,17H2/t22-,25-,28-,29-/m0/s1. The number of nitrogens with zero attached hydrogens (tertiary/aromatic N) is 2. The largest absolute Gasteiger partial charge is 0.459 e. The zero-order valence-corrected chi connectivity index (χ0v) is 23.9. The number of halogens is 2. The second kappa shape index (κ2) is 11.8. The normalized spacial score (nSPS) is 22.0. The van der Waals surface area contributed by atoms with Crippen LogP contribution in [0.25, 0.3) is 0 Å². The maximum atomic E-state index is 13.9. The van der Waals surface area contributed by atoms with Gasteiger partial charge in [-0.2, -0.15) is 5.10 Å². The average Bonchev–Trinajstić information content (AvgIpc) is 3.53. The molecular formula is C29H22Br2N2O7. The molecular weight excluding hydrogens is 648 g/mol. The number of rotatable bonds is 8. The first kappa shape index (κ1) is 27.9. The molecule has 5 rings (SSSR count). The molecule has 1 N–H and O–H groups in total. The molecule has 11 heteroatoms. The van der Waals surface area contributed by atoms with Crippen LogP contribution < -0.4 is 0 Å². The highest BCUT2D eigenvalue weighted by molar-refractivity contribution is 9.10. The minimum atomic E-state index is -2.44. The lowest BCUT2D eigenvalue weighted by molar-refractivity contribution is -0.0913. The van der Waals surface area contributed by atoms with E-state index in [2.05, 4.69) is 37.0 Å². The minimum absolute atomic E-state index is 0.163. The molecule has 0 amide bonds. The summed E-state index contributed by atoms with van der Waals surface area (Å²) in [5.41, 5.74) is -1.81. The molecule has 1 saturated heterocycles. The summed E-state index contributed by atoms with van der Waals surface area (Å²) in [6, 6.07) is 24.5. The van der Waals surface area contributed by atoms with Crippen LogP contribution in [0.2, 0.25) is 0 Å². The van der Waals surface area contributed by atoms with Gasteiger partial charge in [0.2, 0.25) is 11.4 Å². The molecule has 1 aromatic heterocycles. The Morgan fingerprint density at radius 2 is 1.50 bits per heavy atom. The topological polar surface area (TPSA) is 117 Å². The van der Waals surface area contributed by atoms with Crippen molar-refractivity contribution in [1.82, 2.24) is 9.78 Å². The fourth-order valence-electron chi connectivity index (χ4n) is 4.45. The summed E-state index contributed by atoms with van der Waals surface area (Å²) in [6.07, 6.45) is -2.73. The maximum absolute atomic E-state index is 13.9. The first-order valence-electron chi connectivity index (χ1n) is 12.1. The molecule has 204 valence electrons. The van der Waals surface area contributed by atoms with Gasteiger partial charge in [0.1, 0.15) is 17.3 Å². The van der Waals surface area contributed by atoms with Crippen molar-refractivity contribution in [2.24, 2.45) is 0 Å². The van der Waals surface area contributed by atoms with Crippen molar-refractivity contribution in [2.45, 2.75) is 24.0 Å². The lowest BCUT2D eigenvalue weighted by atomic mass is 9.85. The Morgan fingerprint density at radius 3 is 2.12 bits per heavy atom. The molecule has 1 aliphatic rings. The summed E-state index contributed by atoms with van der Waals surface area (Å²) in [6.45, 7) is -0.434. The quantitative estimate of drug-likeness (QED) is 0.206. The zero-order valence-electron chi connectivity index (χ0n) is 20.7. The predicted octanol–water partition coefficient (Wildman–Crippen LogP) is 5.00. The Hall–Kier alpha value is -3.64. The number of Topliss-reactive ketones (excluding diaryl/α,β-unsaturated/α-hetero) is 1. The molecule has 0 spiro atoms. The SMILES string of the molecule is O=C(O[C@H]1[C@H](COC(=O)c2ccccc2Br)O[C@H](n2ccc(Br)n2)[C@]1(O)C(=O)c1ccccc1)c1ccccc1. The second-order valence-corrected chi connectivity index (χ2v) is 10.6. The Morgan fingerprint density at radius 1 is 0.875 bits per heavy atom. The monoisotopic (exact) mass is 668 g/mol. The Bertz CT molecular complexity index is 1530. The van der Waals surface area contributed by atoms with E-state index >= 15 is 0 Å². The smallest absolute Gasteiger partial charge is 0.339 e. The van der Waals surface area contributed by atoms with Crippen molar-refractivity contribution < 1.29 is 33.7 Å². The second-order valence-electron chi connectivity index (χ2n) is 8.94. The van der Waals surface area contributed by atoms with Gasteiger partial charge in [-0.1, -0.05) is 60.7 Å². The molecule has 9 nitrogen and oxygen atoms in total. The Labute approximate surface area is 245 Å². The molecule has 4 atom stereocenters. The summed E-state index contributed by atoms with van der Waals surface area (Å²) in [5, 5.41) is 16.5. The van der Waals surface area contributed by atoms with E-state index in [9.17, 15) is 19.5 Å². The van der Waals surface area contributed by atoms with Crippen molar-refractivity contribution in [3.63, 3.8) is 0 Å². The molecule has 3 aromatic carbocycles. The third kappa shape index (κ3) is 5.50. The number of ketones is 1. The van der Waals surface area contributed by atoms with Crippen molar-refractivity contribution in [3.8, 4) is 0 Å². The lowest BCUT2D eigenvalue weighted by Gasteiger charge is -2.32. The van der Waals surface area contributed by atoms with Crippen LogP contribution in [0.3, 0.4) is 0 Å². The number of aliphatic hydroxyl groups is 1. The van der Waals surface area contributed by atoms with E-state index in [1.165, 1.54) is 23.0 Å². The fourth-order valence-corrected chi connectivity index (χ4v) is 5.20. The van der Waals surface area contributed by atoms with Crippen molar-refractivity contribution in [3.05, 3.63) is 123 Å². The van der Waals surface area contributed by atoms with Gasteiger partial charge in [-0.25, -0.2) is 14.3 Å². The molecule has 0 unspecified atom stereocenters. The first-order chi connectivity index (χ1) is 19.3. The molecule has 4 aromatic rings. The van der Waals surface area contributed by atoms with Gasteiger partial charge in [-0.3, -0.25) is 4.79 Å². The van der Waals surface area contributed by atoms with Gasteiger partial charge in [-0.15, -0.1) is 0 Å². The number of benzene rings is 3. The summed E-state index contributed by atoms with van der Waals surface area (Å²) in [7, 11) is 0. The molecule has 0 bridgehead atoms. The molecule has 0 aliphatic carbocycles. The molecule has 1 fully saturated rings. The number of carbonyl (C=O) groups is 3. The van der Waals surface area contributed by atoms with Gasteiger partial charge >= 0.3 is 11.9 Å². The van der Waals surface area contributed by atoms with E-state index in [1.54, 1.807) is 78.9 Å². The van der Waals surface area contributed by atoms with Crippen LogP contribution >= 0.6 is 31.9 Å². The van der Waals surface area contributed by atoms with E-state index in [-0.39, 0.29) is 16.7 Å². The van der Waals surface area contributed by atoms with Crippen LogP contribution in [0.4, 0.5) is 0 Å². The number of aromatic nitrogens is 2. The zero-order chi connectivity index (χ0) is 28.3. The number of hydrogen-bond donors (Lipinski definition) is 1. The first-order valence-corrected chi connectivity index (χ1v) is 13.7. The number of hydrogen-bond acceptors (Lipinski definition) is 8. The van der Waals surface area contributed by atoms with Crippen molar-refractivity contribution in [1.29, 1.82) is 0 Å². The summed E-state index contributed by atoms with van der Waals surface area (Å²) in [4.78, 5) is 40.0. The molecule has 0 radical (unpaired) electrons. The van der Waals surface area contributed by atoms with Crippen LogP contribution in [0, 0.1) is 0 Å². The van der Waals surface area contributed by atoms with Gasteiger partial charge in [0.15, 0.2) is 12.3 Å². The van der Waals surface area contributed by atoms with E-state index in [0.717, 1.165) is 0 Å². The van der Waals surface area contributed by atoms with Crippen molar-refractivity contribution in [2.75, 3.05) is 6.61 Å². The van der Waals surface area contributed by atoms with Crippen LogP contribution in [-0.4, -0.2) is 57.0 Å². The van der Waals surface area contributed by atoms with E-state index < -0.39 is 48.4 Å². The van der Waals surface area contributed by atoms with Gasteiger partial charge in [0.05, 0.1) is 11.1 Å².